The van der Waals surface area contributed by atoms with Gasteiger partial charge in [0.25, 0.3) is 5.91 Å². The lowest BCUT2D eigenvalue weighted by atomic mass is 10.0. The Morgan fingerprint density at radius 3 is 2.44 bits per heavy atom. The second-order valence-electron chi connectivity index (χ2n) is 3.71. The highest BCUT2D eigenvalue weighted by atomic mass is 16.2. The van der Waals surface area contributed by atoms with Gasteiger partial charge in [-0.1, -0.05) is 6.07 Å². The number of nitrogens with one attached hydrogen (secondary N) is 4. The molecule has 0 bridgehead atoms. The first-order valence-corrected chi connectivity index (χ1v) is 5.19. The number of rotatable bonds is 3. The molecule has 5 heteroatoms. The Morgan fingerprint density at radius 2 is 1.88 bits per heavy atom. The summed E-state index contributed by atoms with van der Waals surface area (Å²) in [6.07, 6.45) is 0. The van der Waals surface area contributed by atoms with Gasteiger partial charge in [-0.2, -0.15) is 0 Å². The van der Waals surface area contributed by atoms with E-state index in [1.165, 1.54) is 0 Å². The molecule has 4 N–H and O–H groups in total. The van der Waals surface area contributed by atoms with Crippen LogP contribution in [0.5, 0.6) is 0 Å². The van der Waals surface area contributed by atoms with E-state index in [1.54, 1.807) is 14.1 Å². The first-order valence-electron chi connectivity index (χ1n) is 5.19. The van der Waals surface area contributed by atoms with Crippen molar-refractivity contribution in [2.75, 3.05) is 31.8 Å². The van der Waals surface area contributed by atoms with E-state index in [2.05, 4.69) is 21.3 Å². The van der Waals surface area contributed by atoms with Crippen LogP contribution in [0.4, 0.5) is 11.4 Å². The summed E-state index contributed by atoms with van der Waals surface area (Å²) in [7, 11) is 5.37. The number of amides is 1. The molecule has 0 saturated heterocycles. The SMILES string of the molecule is CNc1ccc2c(c1)NC(=O)C2(NC)NC. The zero-order valence-electron chi connectivity index (χ0n) is 9.64. The van der Waals surface area contributed by atoms with Crippen LogP contribution in [0.1, 0.15) is 5.56 Å². The summed E-state index contributed by atoms with van der Waals surface area (Å²) in [5.74, 6) is -0.0826. The molecule has 1 aliphatic rings. The molecule has 2 rings (SSSR count). The van der Waals surface area contributed by atoms with Gasteiger partial charge in [-0.15, -0.1) is 0 Å². The van der Waals surface area contributed by atoms with Gasteiger partial charge in [0.2, 0.25) is 0 Å². The van der Waals surface area contributed by atoms with E-state index in [4.69, 9.17) is 0 Å². The lowest BCUT2D eigenvalue weighted by molar-refractivity contribution is -0.122. The third kappa shape index (κ3) is 1.29. The number of hydrogen-bond acceptors (Lipinski definition) is 4. The van der Waals surface area contributed by atoms with Crippen LogP contribution in [-0.4, -0.2) is 27.1 Å². The summed E-state index contributed by atoms with van der Waals surface area (Å²) >= 11 is 0. The van der Waals surface area contributed by atoms with Crippen molar-refractivity contribution in [3.05, 3.63) is 23.8 Å². The van der Waals surface area contributed by atoms with Crippen molar-refractivity contribution in [2.24, 2.45) is 0 Å². The minimum atomic E-state index is -0.818. The number of likely N-dealkylation sites (N-methyl/N-ethyl adjacent to an activating group) is 2. The molecule has 86 valence electrons. The molecule has 1 heterocycles. The van der Waals surface area contributed by atoms with Gasteiger partial charge in [0.05, 0.1) is 0 Å². The molecule has 0 unspecified atom stereocenters. The van der Waals surface area contributed by atoms with Crippen molar-refractivity contribution in [3.63, 3.8) is 0 Å². The number of carbonyl (C=O) groups is 1. The predicted molar refractivity (Wildman–Crippen MR) is 64.4 cm³/mol. The number of carbonyl (C=O) groups excluding carboxylic acids is 1. The van der Waals surface area contributed by atoms with E-state index in [0.717, 1.165) is 16.9 Å². The standard InChI is InChI=1S/C11H16N4O/c1-12-7-4-5-8-9(6-7)15-10(16)11(8,13-2)14-3/h4-6,12-14H,1-3H3,(H,15,16). The molecule has 0 saturated carbocycles. The van der Waals surface area contributed by atoms with Gasteiger partial charge in [0.15, 0.2) is 5.66 Å². The van der Waals surface area contributed by atoms with Gasteiger partial charge in [-0.25, -0.2) is 0 Å². The maximum Gasteiger partial charge on any atom is 0.264 e. The van der Waals surface area contributed by atoms with Crippen molar-refractivity contribution in [2.45, 2.75) is 5.66 Å². The van der Waals surface area contributed by atoms with Gasteiger partial charge in [0.1, 0.15) is 0 Å². The monoisotopic (exact) mass is 220 g/mol. The van der Waals surface area contributed by atoms with E-state index in [-0.39, 0.29) is 5.91 Å². The second kappa shape index (κ2) is 3.77. The van der Waals surface area contributed by atoms with E-state index in [0.29, 0.717) is 0 Å². The molecule has 0 aromatic heterocycles. The summed E-state index contributed by atoms with van der Waals surface area (Å²) < 4.78 is 0. The molecule has 1 amide bonds. The van der Waals surface area contributed by atoms with Crippen LogP contribution in [0, 0.1) is 0 Å². The molecule has 5 nitrogen and oxygen atoms in total. The lowest BCUT2D eigenvalue weighted by Gasteiger charge is -2.26. The molecule has 0 aliphatic carbocycles. The van der Waals surface area contributed by atoms with Crippen molar-refractivity contribution >= 4 is 17.3 Å². The number of anilines is 2. The van der Waals surface area contributed by atoms with Gasteiger partial charge in [-0.3, -0.25) is 15.4 Å². The summed E-state index contributed by atoms with van der Waals surface area (Å²) in [5.41, 5.74) is 1.91. The Labute approximate surface area is 94.6 Å². The minimum absolute atomic E-state index is 0.0826. The van der Waals surface area contributed by atoms with Crippen molar-refractivity contribution in [1.82, 2.24) is 10.6 Å². The van der Waals surface area contributed by atoms with Gasteiger partial charge in [0, 0.05) is 24.0 Å². The van der Waals surface area contributed by atoms with Crippen LogP contribution < -0.4 is 21.3 Å². The molecular formula is C11H16N4O. The van der Waals surface area contributed by atoms with Crippen LogP contribution in [0.15, 0.2) is 18.2 Å². The highest BCUT2D eigenvalue weighted by Crippen LogP contribution is 2.35. The Balaban J connectivity index is 2.54. The fraction of sp³-hybridized carbons (Fsp3) is 0.364. The first kappa shape index (κ1) is 10.9. The fourth-order valence-electron chi connectivity index (χ4n) is 2.09. The highest BCUT2D eigenvalue weighted by molar-refractivity contribution is 6.06. The molecule has 1 aromatic rings. The lowest BCUT2D eigenvalue weighted by Crippen LogP contribution is -2.55. The average Bonchev–Trinajstić information content (AvgIpc) is 2.60. The Morgan fingerprint density at radius 1 is 1.19 bits per heavy atom. The summed E-state index contributed by atoms with van der Waals surface area (Å²) in [6, 6.07) is 5.80. The summed E-state index contributed by atoms with van der Waals surface area (Å²) in [4.78, 5) is 12.0. The average molecular weight is 220 g/mol. The van der Waals surface area contributed by atoms with Crippen LogP contribution in [-0.2, 0) is 10.5 Å². The summed E-state index contributed by atoms with van der Waals surface area (Å²) in [5, 5.41) is 12.0. The molecule has 0 radical (unpaired) electrons. The molecular weight excluding hydrogens is 204 g/mol. The van der Waals surface area contributed by atoms with E-state index in [9.17, 15) is 4.79 Å². The van der Waals surface area contributed by atoms with Crippen molar-refractivity contribution in [1.29, 1.82) is 0 Å². The van der Waals surface area contributed by atoms with Gasteiger partial charge < -0.3 is 10.6 Å². The molecule has 0 spiro atoms. The van der Waals surface area contributed by atoms with E-state index in [1.807, 2.05) is 25.2 Å². The van der Waals surface area contributed by atoms with E-state index < -0.39 is 5.66 Å². The maximum atomic E-state index is 12.0. The number of benzene rings is 1. The molecule has 0 fully saturated rings. The Hall–Kier alpha value is -1.59. The molecule has 16 heavy (non-hydrogen) atoms. The highest BCUT2D eigenvalue weighted by Gasteiger charge is 2.44. The minimum Gasteiger partial charge on any atom is -0.388 e. The zero-order valence-corrected chi connectivity index (χ0v) is 9.64. The first-order chi connectivity index (χ1) is 7.67. The molecule has 0 atom stereocenters. The van der Waals surface area contributed by atoms with Crippen LogP contribution in [0.2, 0.25) is 0 Å². The predicted octanol–water partition coefficient (Wildman–Crippen LogP) is 0.272. The quantitative estimate of drug-likeness (QED) is 0.552. The van der Waals surface area contributed by atoms with Crippen LogP contribution in [0.3, 0.4) is 0 Å². The summed E-state index contributed by atoms with van der Waals surface area (Å²) in [6.45, 7) is 0. The maximum absolute atomic E-state index is 12.0. The topological polar surface area (TPSA) is 65.2 Å². The largest absolute Gasteiger partial charge is 0.388 e. The fourth-order valence-corrected chi connectivity index (χ4v) is 2.09. The Bertz CT molecular complexity index is 426. The Kier molecular flexibility index (Phi) is 2.57. The smallest absolute Gasteiger partial charge is 0.264 e. The second-order valence-corrected chi connectivity index (χ2v) is 3.71. The zero-order chi connectivity index (χ0) is 11.8. The normalized spacial score (nSPS) is 16.8. The van der Waals surface area contributed by atoms with Gasteiger partial charge in [-0.05, 0) is 26.2 Å². The third-order valence-corrected chi connectivity index (χ3v) is 3.05. The van der Waals surface area contributed by atoms with Gasteiger partial charge >= 0.3 is 0 Å². The number of hydrogen-bond donors (Lipinski definition) is 4. The van der Waals surface area contributed by atoms with Crippen molar-refractivity contribution < 1.29 is 4.79 Å². The third-order valence-electron chi connectivity index (χ3n) is 3.05. The van der Waals surface area contributed by atoms with Crippen LogP contribution in [0.25, 0.3) is 0 Å². The van der Waals surface area contributed by atoms with E-state index >= 15 is 0 Å². The molecule has 1 aromatic carbocycles. The number of fused-ring (bicyclic) bond motifs is 1. The van der Waals surface area contributed by atoms with Crippen molar-refractivity contribution in [3.8, 4) is 0 Å². The molecule has 1 aliphatic heterocycles. The van der Waals surface area contributed by atoms with Crippen LogP contribution >= 0.6 is 0 Å².